The lowest BCUT2D eigenvalue weighted by Gasteiger charge is -1.95. The minimum absolute atomic E-state index is 0.163. The highest BCUT2D eigenvalue weighted by Crippen LogP contribution is 2.13. The maximum absolute atomic E-state index is 10.7. The Hall–Kier alpha value is -1.91. The van der Waals surface area contributed by atoms with Gasteiger partial charge < -0.3 is 9.67 Å². The molecule has 2 heterocycles. The van der Waals surface area contributed by atoms with Crippen LogP contribution in [0.25, 0.3) is 11.2 Å². The summed E-state index contributed by atoms with van der Waals surface area (Å²) in [5.74, 6) is -0.169. The Bertz CT molecular complexity index is 516. The van der Waals surface area contributed by atoms with Gasteiger partial charge in [0.1, 0.15) is 11.3 Å². The number of pyridine rings is 1. The van der Waals surface area contributed by atoms with Crippen LogP contribution in [0.3, 0.4) is 0 Å². The van der Waals surface area contributed by atoms with E-state index in [-0.39, 0.29) is 5.56 Å². The summed E-state index contributed by atoms with van der Waals surface area (Å²) < 4.78 is 1.82. The normalized spacial score (nSPS) is 10.7. The molecule has 0 amide bonds. The fourth-order valence-electron chi connectivity index (χ4n) is 1.31. The Morgan fingerprint density at radius 2 is 2.29 bits per heavy atom. The van der Waals surface area contributed by atoms with Crippen molar-refractivity contribution in [3.05, 3.63) is 23.7 Å². The number of carboxylic acid groups (broad SMARTS) is 1. The number of imidazole rings is 1. The zero-order valence-electron chi connectivity index (χ0n) is 7.85. The molecule has 0 aliphatic rings. The van der Waals surface area contributed by atoms with Crippen molar-refractivity contribution < 1.29 is 9.90 Å². The largest absolute Gasteiger partial charge is 0.478 e. The third kappa shape index (κ3) is 1.14. The molecule has 0 atom stereocenters. The molecule has 0 saturated heterocycles. The quantitative estimate of drug-likeness (QED) is 0.729. The molecule has 0 saturated carbocycles. The number of aryl methyl sites for hydroxylation is 2. The summed E-state index contributed by atoms with van der Waals surface area (Å²) in [5, 5.41) is 8.75. The SMILES string of the molecule is Cc1nc2cc(C(=O)O)cnc2n1C. The van der Waals surface area contributed by atoms with Crippen LogP contribution >= 0.6 is 0 Å². The van der Waals surface area contributed by atoms with E-state index in [1.54, 1.807) is 0 Å². The third-order valence-corrected chi connectivity index (χ3v) is 2.18. The number of nitrogens with zero attached hydrogens (tertiary/aromatic N) is 3. The standard InChI is InChI=1S/C9H9N3O2/c1-5-11-7-3-6(9(13)14)4-10-8(7)12(5)2/h3-4H,1-2H3,(H,13,14). The molecule has 5 nitrogen and oxygen atoms in total. The predicted octanol–water partition coefficient (Wildman–Crippen LogP) is 0.975. The van der Waals surface area contributed by atoms with Gasteiger partial charge in [-0.2, -0.15) is 0 Å². The number of fused-ring (bicyclic) bond motifs is 1. The Kier molecular flexibility index (Phi) is 1.73. The molecular weight excluding hydrogens is 182 g/mol. The van der Waals surface area contributed by atoms with Gasteiger partial charge in [0.05, 0.1) is 5.56 Å². The van der Waals surface area contributed by atoms with Crippen molar-refractivity contribution in [3.8, 4) is 0 Å². The summed E-state index contributed by atoms with van der Waals surface area (Å²) in [6.45, 7) is 1.85. The van der Waals surface area contributed by atoms with Crippen molar-refractivity contribution >= 4 is 17.1 Å². The van der Waals surface area contributed by atoms with Crippen molar-refractivity contribution in [1.82, 2.24) is 14.5 Å². The highest BCUT2D eigenvalue weighted by molar-refractivity contribution is 5.90. The van der Waals surface area contributed by atoms with E-state index in [4.69, 9.17) is 5.11 Å². The van der Waals surface area contributed by atoms with Crippen molar-refractivity contribution in [2.45, 2.75) is 6.92 Å². The highest BCUT2D eigenvalue weighted by atomic mass is 16.4. The Morgan fingerprint density at radius 1 is 1.57 bits per heavy atom. The van der Waals surface area contributed by atoms with Gasteiger partial charge in [0.25, 0.3) is 0 Å². The van der Waals surface area contributed by atoms with Gasteiger partial charge in [-0.3, -0.25) is 0 Å². The van der Waals surface area contributed by atoms with Gasteiger partial charge in [0, 0.05) is 13.2 Å². The molecule has 14 heavy (non-hydrogen) atoms. The average Bonchev–Trinajstić information content (AvgIpc) is 2.42. The Morgan fingerprint density at radius 3 is 2.93 bits per heavy atom. The van der Waals surface area contributed by atoms with Gasteiger partial charge in [-0.15, -0.1) is 0 Å². The Balaban J connectivity index is 2.73. The lowest BCUT2D eigenvalue weighted by molar-refractivity contribution is 0.0696. The summed E-state index contributed by atoms with van der Waals surface area (Å²) in [4.78, 5) is 18.9. The van der Waals surface area contributed by atoms with Gasteiger partial charge in [-0.25, -0.2) is 14.8 Å². The second kappa shape index (κ2) is 2.80. The van der Waals surface area contributed by atoms with Crippen LogP contribution in [0.2, 0.25) is 0 Å². The summed E-state index contributed by atoms with van der Waals surface area (Å²) in [5.41, 5.74) is 1.48. The van der Waals surface area contributed by atoms with E-state index < -0.39 is 5.97 Å². The van der Waals surface area contributed by atoms with E-state index in [0.29, 0.717) is 11.2 Å². The smallest absolute Gasteiger partial charge is 0.337 e. The van der Waals surface area contributed by atoms with Crippen LogP contribution in [0, 0.1) is 6.92 Å². The molecule has 0 aromatic carbocycles. The molecule has 1 N–H and O–H groups in total. The van der Waals surface area contributed by atoms with E-state index in [1.165, 1.54) is 12.3 Å². The fourth-order valence-corrected chi connectivity index (χ4v) is 1.31. The second-order valence-electron chi connectivity index (χ2n) is 3.09. The molecule has 2 rings (SSSR count). The molecule has 0 aliphatic carbocycles. The van der Waals surface area contributed by atoms with Crippen LogP contribution in [-0.4, -0.2) is 25.6 Å². The van der Waals surface area contributed by atoms with E-state index in [9.17, 15) is 4.79 Å². The molecule has 5 heteroatoms. The topological polar surface area (TPSA) is 68.0 Å². The number of aromatic nitrogens is 3. The molecule has 0 aliphatic heterocycles. The van der Waals surface area contributed by atoms with Crippen molar-refractivity contribution in [1.29, 1.82) is 0 Å². The Labute approximate surface area is 80.0 Å². The molecule has 0 bridgehead atoms. The minimum Gasteiger partial charge on any atom is -0.478 e. The molecule has 2 aromatic rings. The van der Waals surface area contributed by atoms with E-state index in [1.807, 2.05) is 18.5 Å². The molecule has 2 aromatic heterocycles. The monoisotopic (exact) mass is 191 g/mol. The summed E-state index contributed by atoms with van der Waals surface area (Å²) in [7, 11) is 1.85. The zero-order chi connectivity index (χ0) is 10.3. The van der Waals surface area contributed by atoms with Crippen LogP contribution < -0.4 is 0 Å². The maximum Gasteiger partial charge on any atom is 0.337 e. The van der Waals surface area contributed by atoms with Crippen molar-refractivity contribution in [2.24, 2.45) is 7.05 Å². The van der Waals surface area contributed by atoms with Crippen LogP contribution in [-0.2, 0) is 7.05 Å². The van der Waals surface area contributed by atoms with Gasteiger partial charge in [0.15, 0.2) is 5.65 Å². The number of aromatic carboxylic acids is 1. The first-order chi connectivity index (χ1) is 6.59. The van der Waals surface area contributed by atoms with E-state index >= 15 is 0 Å². The average molecular weight is 191 g/mol. The van der Waals surface area contributed by atoms with E-state index in [2.05, 4.69) is 9.97 Å². The lowest BCUT2D eigenvalue weighted by Crippen LogP contribution is -1.98. The molecule has 0 unspecified atom stereocenters. The van der Waals surface area contributed by atoms with Crippen LogP contribution in [0.5, 0.6) is 0 Å². The molecular formula is C9H9N3O2. The molecule has 0 spiro atoms. The fraction of sp³-hybridized carbons (Fsp3) is 0.222. The van der Waals surface area contributed by atoms with Gasteiger partial charge in [0.2, 0.25) is 0 Å². The van der Waals surface area contributed by atoms with Gasteiger partial charge >= 0.3 is 5.97 Å². The van der Waals surface area contributed by atoms with Crippen LogP contribution in [0.15, 0.2) is 12.3 Å². The lowest BCUT2D eigenvalue weighted by atomic mass is 10.3. The first-order valence-corrected chi connectivity index (χ1v) is 4.12. The highest BCUT2D eigenvalue weighted by Gasteiger charge is 2.09. The number of rotatable bonds is 1. The summed E-state index contributed by atoms with van der Waals surface area (Å²) in [6, 6.07) is 1.53. The third-order valence-electron chi connectivity index (χ3n) is 2.18. The second-order valence-corrected chi connectivity index (χ2v) is 3.09. The van der Waals surface area contributed by atoms with Gasteiger partial charge in [-0.05, 0) is 13.0 Å². The molecule has 0 radical (unpaired) electrons. The number of hydrogen-bond donors (Lipinski definition) is 1. The predicted molar refractivity (Wildman–Crippen MR) is 50.2 cm³/mol. The van der Waals surface area contributed by atoms with Crippen molar-refractivity contribution in [3.63, 3.8) is 0 Å². The van der Waals surface area contributed by atoms with Crippen LogP contribution in [0.4, 0.5) is 0 Å². The minimum atomic E-state index is -0.984. The van der Waals surface area contributed by atoms with E-state index in [0.717, 1.165) is 5.82 Å². The summed E-state index contributed by atoms with van der Waals surface area (Å²) >= 11 is 0. The summed E-state index contributed by atoms with van der Waals surface area (Å²) in [6.07, 6.45) is 1.34. The van der Waals surface area contributed by atoms with Crippen LogP contribution in [0.1, 0.15) is 16.2 Å². The van der Waals surface area contributed by atoms with Gasteiger partial charge in [-0.1, -0.05) is 0 Å². The number of hydrogen-bond acceptors (Lipinski definition) is 3. The maximum atomic E-state index is 10.7. The number of carboxylic acids is 1. The number of carbonyl (C=O) groups is 1. The van der Waals surface area contributed by atoms with Crippen molar-refractivity contribution in [2.75, 3.05) is 0 Å². The first kappa shape index (κ1) is 8.68. The zero-order valence-corrected chi connectivity index (χ0v) is 7.85. The molecule has 0 fully saturated rings. The first-order valence-electron chi connectivity index (χ1n) is 4.12. The molecule has 72 valence electrons.